The first kappa shape index (κ1) is 11.1. The summed E-state index contributed by atoms with van der Waals surface area (Å²) in [4.78, 5) is 0.224. The number of nitrogens with one attached hydrogen (secondary N) is 2. The van der Waals surface area contributed by atoms with Gasteiger partial charge in [0.2, 0.25) is 0 Å². The second kappa shape index (κ2) is 3.88. The van der Waals surface area contributed by atoms with Gasteiger partial charge in [0.15, 0.2) is 0 Å². The van der Waals surface area contributed by atoms with Crippen LogP contribution in [-0.2, 0) is 10.0 Å². The van der Waals surface area contributed by atoms with Crippen molar-refractivity contribution in [1.82, 2.24) is 5.32 Å². The quantitative estimate of drug-likeness (QED) is 0.801. The Labute approximate surface area is 94.6 Å². The normalized spacial score (nSPS) is 19.2. The van der Waals surface area contributed by atoms with Crippen molar-refractivity contribution >= 4 is 21.5 Å². The standard InChI is InChI=1S/C10H13N3O2S/c1-7(11-2)10-12-8-5-3-4-6-9(8)16(14,15)13-10/h3-7,11H,1-2H3,(H,12,13)/t7-/m0/s1. The molecule has 0 aliphatic carbocycles. The number of likely N-dealkylation sites (N-methyl/N-ethyl adjacent to an activating group) is 1. The third-order valence-electron chi connectivity index (χ3n) is 2.49. The summed E-state index contributed by atoms with van der Waals surface area (Å²) in [6, 6.07) is 6.60. The van der Waals surface area contributed by atoms with Gasteiger partial charge in [0.05, 0.1) is 11.7 Å². The van der Waals surface area contributed by atoms with Crippen molar-refractivity contribution in [1.29, 1.82) is 0 Å². The maximum absolute atomic E-state index is 11.8. The number of para-hydroxylation sites is 1. The average Bonchev–Trinajstić information content (AvgIpc) is 2.27. The van der Waals surface area contributed by atoms with Gasteiger partial charge in [-0.1, -0.05) is 12.1 Å². The van der Waals surface area contributed by atoms with E-state index in [0.717, 1.165) is 0 Å². The van der Waals surface area contributed by atoms with E-state index in [2.05, 4.69) is 15.0 Å². The second-order valence-electron chi connectivity index (χ2n) is 3.58. The number of anilines is 1. The lowest BCUT2D eigenvalue weighted by Crippen LogP contribution is -2.38. The third kappa shape index (κ3) is 1.81. The fourth-order valence-corrected chi connectivity index (χ4v) is 2.67. The Morgan fingerprint density at radius 1 is 1.38 bits per heavy atom. The predicted octanol–water partition coefficient (Wildman–Crippen LogP) is 0.807. The van der Waals surface area contributed by atoms with E-state index >= 15 is 0 Å². The Bertz CT molecular complexity index is 537. The van der Waals surface area contributed by atoms with Crippen molar-refractivity contribution in [2.45, 2.75) is 17.9 Å². The molecule has 1 aromatic rings. The molecule has 1 atom stereocenters. The monoisotopic (exact) mass is 239 g/mol. The van der Waals surface area contributed by atoms with Crippen LogP contribution in [0.4, 0.5) is 5.69 Å². The van der Waals surface area contributed by atoms with E-state index in [1.165, 1.54) is 0 Å². The van der Waals surface area contributed by atoms with Gasteiger partial charge in [0.1, 0.15) is 10.7 Å². The van der Waals surface area contributed by atoms with E-state index < -0.39 is 10.0 Å². The molecule has 0 spiro atoms. The molecule has 2 rings (SSSR count). The average molecular weight is 239 g/mol. The van der Waals surface area contributed by atoms with Crippen LogP contribution in [0.2, 0.25) is 0 Å². The molecule has 1 aliphatic rings. The minimum atomic E-state index is -3.56. The minimum Gasteiger partial charge on any atom is -0.341 e. The minimum absolute atomic E-state index is 0.136. The maximum Gasteiger partial charge on any atom is 0.286 e. The zero-order chi connectivity index (χ0) is 11.8. The lowest BCUT2D eigenvalue weighted by Gasteiger charge is -2.21. The molecule has 0 fully saturated rings. The van der Waals surface area contributed by atoms with Gasteiger partial charge in [-0.2, -0.15) is 8.42 Å². The molecule has 5 nitrogen and oxygen atoms in total. The molecule has 0 unspecified atom stereocenters. The predicted molar refractivity (Wildman–Crippen MR) is 63.2 cm³/mol. The number of hydrogen-bond donors (Lipinski definition) is 2. The van der Waals surface area contributed by atoms with E-state index in [1.54, 1.807) is 31.3 Å². The Morgan fingerprint density at radius 2 is 2.06 bits per heavy atom. The molecule has 1 aliphatic heterocycles. The van der Waals surface area contributed by atoms with E-state index in [1.807, 2.05) is 6.92 Å². The van der Waals surface area contributed by atoms with Crippen LogP contribution < -0.4 is 10.6 Å². The van der Waals surface area contributed by atoms with Crippen LogP contribution in [0.15, 0.2) is 33.6 Å². The molecule has 0 saturated carbocycles. The summed E-state index contributed by atoms with van der Waals surface area (Å²) in [5.74, 6) is 0.418. The van der Waals surface area contributed by atoms with E-state index in [0.29, 0.717) is 11.5 Å². The van der Waals surface area contributed by atoms with Crippen molar-refractivity contribution in [3.63, 3.8) is 0 Å². The van der Waals surface area contributed by atoms with Crippen molar-refractivity contribution in [3.05, 3.63) is 24.3 Å². The summed E-state index contributed by atoms with van der Waals surface area (Å²) in [5, 5.41) is 5.96. The number of fused-ring (bicyclic) bond motifs is 1. The van der Waals surface area contributed by atoms with Crippen LogP contribution in [0.3, 0.4) is 0 Å². The molecular weight excluding hydrogens is 226 g/mol. The Morgan fingerprint density at radius 3 is 2.75 bits per heavy atom. The summed E-state index contributed by atoms with van der Waals surface area (Å²) in [6.07, 6.45) is 0. The zero-order valence-electron chi connectivity index (χ0n) is 9.06. The molecule has 1 heterocycles. The van der Waals surface area contributed by atoms with Crippen LogP contribution in [0.1, 0.15) is 6.92 Å². The van der Waals surface area contributed by atoms with Gasteiger partial charge in [-0.15, -0.1) is 4.40 Å². The summed E-state index contributed by atoms with van der Waals surface area (Å²) >= 11 is 0. The molecule has 16 heavy (non-hydrogen) atoms. The molecular formula is C10H13N3O2S. The first-order valence-corrected chi connectivity index (χ1v) is 6.37. The van der Waals surface area contributed by atoms with Crippen LogP contribution in [0.5, 0.6) is 0 Å². The van der Waals surface area contributed by atoms with Gasteiger partial charge in [0, 0.05) is 0 Å². The highest BCUT2D eigenvalue weighted by atomic mass is 32.2. The lowest BCUT2D eigenvalue weighted by atomic mass is 10.2. The first-order valence-electron chi connectivity index (χ1n) is 4.93. The summed E-state index contributed by atoms with van der Waals surface area (Å²) in [6.45, 7) is 1.84. The molecule has 0 amide bonds. The van der Waals surface area contributed by atoms with E-state index in [4.69, 9.17) is 0 Å². The Balaban J connectivity index is 2.52. The highest BCUT2D eigenvalue weighted by Gasteiger charge is 2.25. The van der Waals surface area contributed by atoms with E-state index in [9.17, 15) is 8.42 Å². The van der Waals surface area contributed by atoms with Gasteiger partial charge in [-0.3, -0.25) is 0 Å². The first-order chi connectivity index (χ1) is 7.54. The van der Waals surface area contributed by atoms with Gasteiger partial charge in [-0.25, -0.2) is 0 Å². The third-order valence-corrected chi connectivity index (χ3v) is 3.84. The lowest BCUT2D eigenvalue weighted by molar-refractivity contribution is 0.597. The fourth-order valence-electron chi connectivity index (χ4n) is 1.46. The number of hydrogen-bond acceptors (Lipinski definition) is 4. The number of benzene rings is 1. The Kier molecular flexibility index (Phi) is 2.69. The maximum atomic E-state index is 11.8. The largest absolute Gasteiger partial charge is 0.341 e. The topological polar surface area (TPSA) is 70.6 Å². The molecule has 0 saturated heterocycles. The highest BCUT2D eigenvalue weighted by Crippen LogP contribution is 2.26. The molecule has 1 aromatic carbocycles. The van der Waals surface area contributed by atoms with Gasteiger partial charge < -0.3 is 10.6 Å². The smallest absolute Gasteiger partial charge is 0.286 e. The summed E-state index contributed by atoms with van der Waals surface area (Å²) in [7, 11) is -1.81. The van der Waals surface area contributed by atoms with Crippen molar-refractivity contribution in [2.75, 3.05) is 12.4 Å². The number of nitrogens with zero attached hydrogens (tertiary/aromatic N) is 1. The second-order valence-corrected chi connectivity index (χ2v) is 5.16. The molecule has 0 radical (unpaired) electrons. The molecule has 0 bridgehead atoms. The van der Waals surface area contributed by atoms with Crippen molar-refractivity contribution in [3.8, 4) is 0 Å². The van der Waals surface area contributed by atoms with Crippen LogP contribution in [0.25, 0.3) is 0 Å². The van der Waals surface area contributed by atoms with Gasteiger partial charge in [0.25, 0.3) is 10.0 Å². The molecule has 2 N–H and O–H groups in total. The van der Waals surface area contributed by atoms with Crippen LogP contribution >= 0.6 is 0 Å². The van der Waals surface area contributed by atoms with E-state index in [-0.39, 0.29) is 10.9 Å². The highest BCUT2D eigenvalue weighted by molar-refractivity contribution is 7.90. The summed E-state index contributed by atoms with van der Waals surface area (Å²) in [5.41, 5.74) is 0.578. The van der Waals surface area contributed by atoms with Gasteiger partial charge >= 0.3 is 0 Å². The zero-order valence-corrected chi connectivity index (χ0v) is 9.88. The Hall–Kier alpha value is -1.40. The van der Waals surface area contributed by atoms with Crippen molar-refractivity contribution < 1.29 is 8.42 Å². The van der Waals surface area contributed by atoms with Crippen molar-refractivity contribution in [2.24, 2.45) is 4.40 Å². The molecule has 86 valence electrons. The number of sulfonamides is 1. The molecule has 0 aromatic heterocycles. The van der Waals surface area contributed by atoms with Crippen LogP contribution in [-0.4, -0.2) is 27.3 Å². The number of rotatable bonds is 2. The fraction of sp³-hybridized carbons (Fsp3) is 0.300. The van der Waals surface area contributed by atoms with Crippen LogP contribution in [0, 0.1) is 0 Å². The SMILES string of the molecule is CN[C@@H](C)C1=NS(=O)(=O)c2ccccc2N1. The number of amidine groups is 1. The molecule has 6 heteroatoms. The van der Waals surface area contributed by atoms with Gasteiger partial charge in [-0.05, 0) is 26.1 Å². The summed E-state index contributed by atoms with van der Waals surface area (Å²) < 4.78 is 27.4.